The maximum absolute atomic E-state index is 6.57. The predicted molar refractivity (Wildman–Crippen MR) is 167 cm³/mol. The molecule has 0 bridgehead atoms. The molecule has 2 aromatic heterocycles. The number of aromatic nitrogens is 4. The maximum Gasteiger partial charge on any atom is 0.167 e. The average Bonchev–Trinajstić information content (AvgIpc) is 3.72. The van der Waals surface area contributed by atoms with Crippen LogP contribution in [-0.4, -0.2) is 50.7 Å². The number of nitrogens with zero attached hydrogens (tertiary/aromatic N) is 4. The minimum Gasteiger partial charge on any atom is -0.497 e. The molecule has 2 aliphatic rings. The number of hydrogen-bond acceptors (Lipinski definition) is 8. The monoisotopic (exact) mass is 591 g/mol. The van der Waals surface area contributed by atoms with Gasteiger partial charge in [0.2, 0.25) is 0 Å². The largest absolute Gasteiger partial charge is 0.497 e. The molecule has 9 nitrogen and oxygen atoms in total. The minimum atomic E-state index is -0.812. The van der Waals surface area contributed by atoms with Crippen LogP contribution in [-0.2, 0) is 19.7 Å². The van der Waals surface area contributed by atoms with Gasteiger partial charge in [0.25, 0.3) is 0 Å². The second kappa shape index (κ2) is 11.3. The Balaban J connectivity index is 1.36. The van der Waals surface area contributed by atoms with E-state index in [0.29, 0.717) is 17.0 Å². The topological polar surface area (TPSA) is 92.6 Å². The Labute approximate surface area is 257 Å². The molecule has 4 heterocycles. The fraction of sp³-hybridized carbons (Fsp3) is 0.343. The third-order valence-corrected chi connectivity index (χ3v) is 8.57. The number of imidazole rings is 1. The SMILES string of the molecule is CCC[C@H]1O[C@@H](n2cnc3c(NC(c4ccccc4)(c4ccccc4)c4ccc(OC)cc4)ncnc32)[C@@H]2OC(C)(C)O[C@@H]21. The minimum absolute atomic E-state index is 0.0764. The lowest BCUT2D eigenvalue weighted by Crippen LogP contribution is -2.38. The number of rotatable bonds is 9. The van der Waals surface area contributed by atoms with Crippen molar-refractivity contribution in [1.82, 2.24) is 19.5 Å². The van der Waals surface area contributed by atoms with Crippen molar-refractivity contribution in [3.63, 3.8) is 0 Å². The van der Waals surface area contributed by atoms with E-state index < -0.39 is 17.6 Å². The molecule has 4 atom stereocenters. The third-order valence-electron chi connectivity index (χ3n) is 8.57. The van der Waals surface area contributed by atoms with Gasteiger partial charge in [-0.25, -0.2) is 15.0 Å². The Bertz CT molecular complexity index is 1690. The Kier molecular flexibility index (Phi) is 7.32. The van der Waals surface area contributed by atoms with E-state index in [2.05, 4.69) is 48.6 Å². The maximum atomic E-state index is 6.57. The van der Waals surface area contributed by atoms with Crippen LogP contribution in [0, 0.1) is 0 Å². The zero-order chi connectivity index (χ0) is 30.3. The molecule has 9 heteroatoms. The molecule has 1 N–H and O–H groups in total. The Morgan fingerprint density at radius 1 is 0.841 bits per heavy atom. The average molecular weight is 592 g/mol. The highest BCUT2D eigenvalue weighted by atomic mass is 16.8. The molecule has 0 saturated carbocycles. The molecule has 226 valence electrons. The van der Waals surface area contributed by atoms with E-state index in [-0.39, 0.29) is 18.3 Å². The van der Waals surface area contributed by atoms with Crippen LogP contribution in [0.4, 0.5) is 5.82 Å². The fourth-order valence-electron chi connectivity index (χ4n) is 6.64. The van der Waals surface area contributed by atoms with Crippen molar-refractivity contribution in [3.05, 3.63) is 114 Å². The smallest absolute Gasteiger partial charge is 0.167 e. The predicted octanol–water partition coefficient (Wildman–Crippen LogP) is 6.46. The fourth-order valence-corrected chi connectivity index (χ4v) is 6.64. The highest BCUT2D eigenvalue weighted by Crippen LogP contribution is 2.46. The molecule has 0 spiro atoms. The van der Waals surface area contributed by atoms with E-state index in [0.717, 1.165) is 35.3 Å². The number of ether oxygens (including phenoxy) is 4. The summed E-state index contributed by atoms with van der Waals surface area (Å²) in [6.07, 6.45) is 4.26. The van der Waals surface area contributed by atoms with E-state index in [4.69, 9.17) is 33.9 Å². The van der Waals surface area contributed by atoms with Gasteiger partial charge < -0.3 is 24.3 Å². The van der Waals surface area contributed by atoms with Crippen molar-refractivity contribution in [3.8, 4) is 5.75 Å². The van der Waals surface area contributed by atoms with Crippen molar-refractivity contribution < 1.29 is 18.9 Å². The van der Waals surface area contributed by atoms with Crippen LogP contribution in [0.15, 0.2) is 97.6 Å². The van der Waals surface area contributed by atoms with E-state index in [1.165, 1.54) is 0 Å². The van der Waals surface area contributed by atoms with Crippen LogP contribution in [0.2, 0.25) is 0 Å². The van der Waals surface area contributed by atoms with Crippen molar-refractivity contribution >= 4 is 17.0 Å². The van der Waals surface area contributed by atoms with Gasteiger partial charge in [0.15, 0.2) is 29.0 Å². The highest BCUT2D eigenvalue weighted by molar-refractivity contribution is 5.84. The van der Waals surface area contributed by atoms with Crippen molar-refractivity contribution in [2.45, 2.75) is 69.5 Å². The Hall–Kier alpha value is -4.31. The van der Waals surface area contributed by atoms with Gasteiger partial charge in [0.05, 0.1) is 19.5 Å². The number of benzene rings is 3. The summed E-state index contributed by atoms with van der Waals surface area (Å²) in [5.74, 6) is 0.690. The van der Waals surface area contributed by atoms with Gasteiger partial charge in [-0.1, -0.05) is 86.1 Å². The van der Waals surface area contributed by atoms with Gasteiger partial charge in [0, 0.05) is 0 Å². The van der Waals surface area contributed by atoms with Gasteiger partial charge in [-0.3, -0.25) is 4.57 Å². The van der Waals surface area contributed by atoms with E-state index in [1.54, 1.807) is 19.8 Å². The molecule has 0 unspecified atom stereocenters. The van der Waals surface area contributed by atoms with Crippen LogP contribution in [0.25, 0.3) is 11.2 Å². The van der Waals surface area contributed by atoms with E-state index in [9.17, 15) is 0 Å². The zero-order valence-corrected chi connectivity index (χ0v) is 25.4. The van der Waals surface area contributed by atoms with Crippen molar-refractivity contribution in [2.75, 3.05) is 12.4 Å². The first-order valence-electron chi connectivity index (χ1n) is 15.2. The molecule has 2 fully saturated rings. The lowest BCUT2D eigenvalue weighted by Gasteiger charge is -2.37. The molecule has 2 aliphatic heterocycles. The van der Waals surface area contributed by atoms with Gasteiger partial charge >= 0.3 is 0 Å². The van der Waals surface area contributed by atoms with Gasteiger partial charge in [-0.15, -0.1) is 0 Å². The molecular formula is C35H37N5O4. The first-order chi connectivity index (χ1) is 21.4. The standard InChI is InChI=1S/C35H37N5O4/c1-5-12-27-29-30(44-34(2,3)43-29)33(42-27)40-22-38-28-31(36-21-37-32(28)40)39-35(23-13-8-6-9-14-23,24-15-10-7-11-16-24)25-17-19-26(41-4)20-18-25/h6-11,13-22,27,29-30,33H,5,12H2,1-4H3,(H,36,37,39)/t27-,29-,30-,33-/m1/s1. The number of hydrogen-bond donors (Lipinski definition) is 1. The van der Waals surface area contributed by atoms with Gasteiger partial charge in [0.1, 0.15) is 29.8 Å². The third kappa shape index (κ3) is 4.81. The second-order valence-corrected chi connectivity index (χ2v) is 11.8. The molecule has 7 rings (SSSR count). The summed E-state index contributed by atoms with van der Waals surface area (Å²) < 4.78 is 26.7. The molecule has 0 amide bonds. The van der Waals surface area contributed by atoms with Gasteiger partial charge in [-0.05, 0) is 49.1 Å². The van der Waals surface area contributed by atoms with E-state index >= 15 is 0 Å². The number of nitrogens with one attached hydrogen (secondary N) is 1. The summed E-state index contributed by atoms with van der Waals surface area (Å²) >= 11 is 0. The zero-order valence-electron chi connectivity index (χ0n) is 25.4. The summed E-state index contributed by atoms with van der Waals surface area (Å²) in [6, 6.07) is 28.9. The normalized spacial score (nSPS) is 22.6. The summed E-state index contributed by atoms with van der Waals surface area (Å²) in [6.45, 7) is 6.06. The summed E-state index contributed by atoms with van der Waals surface area (Å²) in [5.41, 5.74) is 3.59. The summed E-state index contributed by atoms with van der Waals surface area (Å²) in [4.78, 5) is 14.3. The Morgan fingerprint density at radius 3 is 2.11 bits per heavy atom. The van der Waals surface area contributed by atoms with Crippen LogP contribution >= 0.6 is 0 Å². The lowest BCUT2D eigenvalue weighted by atomic mass is 9.77. The first kappa shape index (κ1) is 28.5. The van der Waals surface area contributed by atoms with Crippen LogP contribution in [0.5, 0.6) is 5.75 Å². The number of anilines is 1. The van der Waals surface area contributed by atoms with Crippen molar-refractivity contribution in [2.24, 2.45) is 0 Å². The van der Waals surface area contributed by atoms with Crippen LogP contribution in [0.3, 0.4) is 0 Å². The molecule has 0 aliphatic carbocycles. The molecule has 5 aromatic rings. The molecular weight excluding hydrogens is 554 g/mol. The lowest BCUT2D eigenvalue weighted by molar-refractivity contribution is -0.196. The highest BCUT2D eigenvalue weighted by Gasteiger charge is 2.55. The molecule has 2 saturated heterocycles. The van der Waals surface area contributed by atoms with Crippen molar-refractivity contribution in [1.29, 1.82) is 0 Å². The van der Waals surface area contributed by atoms with Crippen LogP contribution in [0.1, 0.15) is 56.5 Å². The quantitative estimate of drug-likeness (QED) is 0.195. The summed E-state index contributed by atoms with van der Waals surface area (Å²) in [7, 11) is 1.67. The van der Waals surface area contributed by atoms with E-state index in [1.807, 2.05) is 66.9 Å². The summed E-state index contributed by atoms with van der Waals surface area (Å²) in [5, 5.41) is 3.85. The first-order valence-corrected chi connectivity index (χ1v) is 15.2. The van der Waals surface area contributed by atoms with Gasteiger partial charge in [-0.2, -0.15) is 0 Å². The molecule has 3 aromatic carbocycles. The van der Waals surface area contributed by atoms with Crippen LogP contribution < -0.4 is 10.1 Å². The number of fused-ring (bicyclic) bond motifs is 2. The Morgan fingerprint density at radius 2 is 1.48 bits per heavy atom. The second-order valence-electron chi connectivity index (χ2n) is 11.8. The molecule has 44 heavy (non-hydrogen) atoms. The number of methoxy groups -OCH3 is 1. The molecule has 0 radical (unpaired) electrons.